The Morgan fingerprint density at radius 1 is 1.25 bits per heavy atom. The standard InChI is InChI=1S/C13H30N2O/c1-6-7-9-15(4)10-8-14-13(11-16-5)12(2)3/h12-14H,6-11H2,1-5H3. The van der Waals surface area contributed by atoms with Crippen LogP contribution in [0, 0.1) is 5.92 Å². The van der Waals surface area contributed by atoms with Crippen LogP contribution < -0.4 is 5.32 Å². The predicted octanol–water partition coefficient (Wildman–Crippen LogP) is 1.98. The van der Waals surface area contributed by atoms with Gasteiger partial charge in [-0.25, -0.2) is 0 Å². The van der Waals surface area contributed by atoms with Crippen molar-refractivity contribution in [1.29, 1.82) is 0 Å². The molecule has 0 rings (SSSR count). The molecule has 98 valence electrons. The van der Waals surface area contributed by atoms with Crippen molar-refractivity contribution < 1.29 is 4.74 Å². The van der Waals surface area contributed by atoms with E-state index in [1.165, 1.54) is 19.4 Å². The zero-order valence-corrected chi connectivity index (χ0v) is 11.8. The topological polar surface area (TPSA) is 24.5 Å². The summed E-state index contributed by atoms with van der Waals surface area (Å²) in [4.78, 5) is 2.39. The van der Waals surface area contributed by atoms with Crippen molar-refractivity contribution in [3.05, 3.63) is 0 Å². The van der Waals surface area contributed by atoms with Crippen molar-refractivity contribution in [2.75, 3.05) is 40.4 Å². The number of nitrogens with one attached hydrogen (secondary N) is 1. The molecule has 3 heteroatoms. The Kier molecular flexibility index (Phi) is 9.99. The summed E-state index contributed by atoms with van der Waals surface area (Å²) in [5.41, 5.74) is 0. The monoisotopic (exact) mass is 230 g/mol. The van der Waals surface area contributed by atoms with Gasteiger partial charge < -0.3 is 15.0 Å². The van der Waals surface area contributed by atoms with E-state index < -0.39 is 0 Å². The van der Waals surface area contributed by atoms with Gasteiger partial charge in [-0.05, 0) is 25.9 Å². The van der Waals surface area contributed by atoms with Crippen molar-refractivity contribution in [3.63, 3.8) is 0 Å². The first-order chi connectivity index (χ1) is 7.61. The van der Waals surface area contributed by atoms with E-state index in [1.54, 1.807) is 7.11 Å². The summed E-state index contributed by atoms with van der Waals surface area (Å²) in [5.74, 6) is 0.626. The van der Waals surface area contributed by atoms with E-state index in [-0.39, 0.29) is 0 Å². The fraction of sp³-hybridized carbons (Fsp3) is 1.00. The number of likely N-dealkylation sites (N-methyl/N-ethyl adjacent to an activating group) is 1. The number of unbranched alkanes of at least 4 members (excludes halogenated alkanes) is 1. The molecule has 0 saturated heterocycles. The van der Waals surface area contributed by atoms with Crippen LogP contribution in [-0.2, 0) is 4.74 Å². The minimum absolute atomic E-state index is 0.476. The number of rotatable bonds is 10. The summed E-state index contributed by atoms with van der Waals surface area (Å²) in [6.45, 7) is 10.9. The molecule has 1 unspecified atom stereocenters. The lowest BCUT2D eigenvalue weighted by atomic mass is 10.1. The number of ether oxygens (including phenoxy) is 1. The van der Waals surface area contributed by atoms with E-state index in [4.69, 9.17) is 4.74 Å². The highest BCUT2D eigenvalue weighted by Gasteiger charge is 2.11. The smallest absolute Gasteiger partial charge is 0.0618 e. The third-order valence-corrected chi connectivity index (χ3v) is 2.94. The second kappa shape index (κ2) is 10.1. The zero-order valence-electron chi connectivity index (χ0n) is 11.8. The first kappa shape index (κ1) is 15.9. The van der Waals surface area contributed by atoms with E-state index in [2.05, 4.69) is 38.0 Å². The number of methoxy groups -OCH3 is 1. The quantitative estimate of drug-likeness (QED) is 0.621. The summed E-state index contributed by atoms with van der Waals surface area (Å²) in [6, 6.07) is 0.476. The van der Waals surface area contributed by atoms with Gasteiger partial charge >= 0.3 is 0 Å². The second-order valence-corrected chi connectivity index (χ2v) is 4.92. The van der Waals surface area contributed by atoms with Gasteiger partial charge in [0, 0.05) is 26.2 Å². The largest absolute Gasteiger partial charge is 0.383 e. The van der Waals surface area contributed by atoms with Crippen molar-refractivity contribution in [2.45, 2.75) is 39.7 Å². The molecule has 0 saturated carbocycles. The average Bonchev–Trinajstić information content (AvgIpc) is 2.25. The molecule has 0 aromatic heterocycles. The molecule has 0 amide bonds. The number of nitrogens with zero attached hydrogens (tertiary/aromatic N) is 1. The van der Waals surface area contributed by atoms with E-state index in [9.17, 15) is 0 Å². The Morgan fingerprint density at radius 3 is 2.44 bits per heavy atom. The molecule has 0 fully saturated rings. The van der Waals surface area contributed by atoms with E-state index >= 15 is 0 Å². The van der Waals surface area contributed by atoms with Gasteiger partial charge in [0.2, 0.25) is 0 Å². The fourth-order valence-electron chi connectivity index (χ4n) is 1.65. The zero-order chi connectivity index (χ0) is 12.4. The summed E-state index contributed by atoms with van der Waals surface area (Å²) in [6.07, 6.45) is 2.57. The molecule has 0 aliphatic carbocycles. The normalized spacial score (nSPS) is 13.7. The molecule has 1 N–H and O–H groups in total. The highest BCUT2D eigenvalue weighted by Crippen LogP contribution is 2.01. The molecule has 16 heavy (non-hydrogen) atoms. The van der Waals surface area contributed by atoms with Crippen LogP contribution >= 0.6 is 0 Å². The van der Waals surface area contributed by atoms with Crippen LogP contribution in [0.4, 0.5) is 0 Å². The maximum absolute atomic E-state index is 5.21. The molecular formula is C13H30N2O. The van der Waals surface area contributed by atoms with Crippen LogP contribution in [0.25, 0.3) is 0 Å². The summed E-state index contributed by atoms with van der Waals surface area (Å²) < 4.78 is 5.21. The Morgan fingerprint density at radius 2 is 1.94 bits per heavy atom. The molecule has 0 heterocycles. The van der Waals surface area contributed by atoms with Crippen LogP contribution in [0.3, 0.4) is 0 Å². The maximum Gasteiger partial charge on any atom is 0.0618 e. The molecule has 0 spiro atoms. The summed E-state index contributed by atoms with van der Waals surface area (Å²) in [7, 11) is 3.96. The predicted molar refractivity (Wildman–Crippen MR) is 70.9 cm³/mol. The molecule has 3 nitrogen and oxygen atoms in total. The number of hydrogen-bond donors (Lipinski definition) is 1. The highest BCUT2D eigenvalue weighted by molar-refractivity contribution is 4.70. The van der Waals surface area contributed by atoms with Crippen molar-refractivity contribution >= 4 is 0 Å². The Labute approximate surface area is 102 Å². The molecular weight excluding hydrogens is 200 g/mol. The Bertz CT molecular complexity index is 151. The first-order valence-corrected chi connectivity index (χ1v) is 6.52. The van der Waals surface area contributed by atoms with Gasteiger partial charge in [-0.3, -0.25) is 0 Å². The third-order valence-electron chi connectivity index (χ3n) is 2.94. The summed E-state index contributed by atoms with van der Waals surface area (Å²) >= 11 is 0. The average molecular weight is 230 g/mol. The number of hydrogen-bond acceptors (Lipinski definition) is 3. The minimum Gasteiger partial charge on any atom is -0.383 e. The van der Waals surface area contributed by atoms with Gasteiger partial charge in [0.15, 0.2) is 0 Å². The molecule has 1 atom stereocenters. The Balaban J connectivity index is 3.60. The molecule has 0 radical (unpaired) electrons. The van der Waals surface area contributed by atoms with E-state index in [0.29, 0.717) is 12.0 Å². The van der Waals surface area contributed by atoms with Gasteiger partial charge in [-0.15, -0.1) is 0 Å². The lowest BCUT2D eigenvalue weighted by Crippen LogP contribution is -2.41. The second-order valence-electron chi connectivity index (χ2n) is 4.92. The van der Waals surface area contributed by atoms with Crippen molar-refractivity contribution in [3.8, 4) is 0 Å². The van der Waals surface area contributed by atoms with Gasteiger partial charge in [0.1, 0.15) is 0 Å². The first-order valence-electron chi connectivity index (χ1n) is 6.52. The van der Waals surface area contributed by atoms with E-state index in [0.717, 1.165) is 19.7 Å². The molecule has 0 aromatic carbocycles. The molecule has 0 bridgehead atoms. The van der Waals surface area contributed by atoms with Crippen molar-refractivity contribution in [1.82, 2.24) is 10.2 Å². The van der Waals surface area contributed by atoms with Gasteiger partial charge in [-0.1, -0.05) is 27.2 Å². The molecule has 0 aliphatic heterocycles. The maximum atomic E-state index is 5.21. The molecule has 0 aromatic rings. The van der Waals surface area contributed by atoms with Crippen LogP contribution in [0.5, 0.6) is 0 Å². The SMILES string of the molecule is CCCCN(C)CCNC(COC)C(C)C. The summed E-state index contributed by atoms with van der Waals surface area (Å²) in [5, 5.41) is 3.56. The van der Waals surface area contributed by atoms with Crippen molar-refractivity contribution in [2.24, 2.45) is 5.92 Å². The molecule has 0 aliphatic rings. The highest BCUT2D eigenvalue weighted by atomic mass is 16.5. The fourth-order valence-corrected chi connectivity index (χ4v) is 1.65. The van der Waals surface area contributed by atoms with Gasteiger partial charge in [-0.2, -0.15) is 0 Å². The van der Waals surface area contributed by atoms with Crippen LogP contribution in [-0.4, -0.2) is 51.3 Å². The lowest BCUT2D eigenvalue weighted by Gasteiger charge is -2.23. The Hall–Kier alpha value is -0.120. The van der Waals surface area contributed by atoms with E-state index in [1.807, 2.05) is 0 Å². The third kappa shape index (κ3) is 8.08. The lowest BCUT2D eigenvalue weighted by molar-refractivity contribution is 0.145. The van der Waals surface area contributed by atoms with Crippen LogP contribution in [0.15, 0.2) is 0 Å². The minimum atomic E-state index is 0.476. The van der Waals surface area contributed by atoms with Gasteiger partial charge in [0.25, 0.3) is 0 Å². The van der Waals surface area contributed by atoms with Crippen LogP contribution in [0.1, 0.15) is 33.6 Å². The van der Waals surface area contributed by atoms with Gasteiger partial charge in [0.05, 0.1) is 6.61 Å². The van der Waals surface area contributed by atoms with Crippen LogP contribution in [0.2, 0.25) is 0 Å².